The monoisotopic (exact) mass is 307 g/mol. The molecule has 2 heterocycles. The minimum atomic E-state index is -0.306. The third-order valence-electron chi connectivity index (χ3n) is 4.03. The Labute approximate surface area is 129 Å². The van der Waals surface area contributed by atoms with Gasteiger partial charge in [-0.05, 0) is 34.1 Å². The predicted molar refractivity (Wildman–Crippen MR) is 87.3 cm³/mol. The van der Waals surface area contributed by atoms with Gasteiger partial charge in [-0.1, -0.05) is 6.92 Å². The molecule has 1 atom stereocenters. The largest absolute Gasteiger partial charge is 0.332 e. The van der Waals surface area contributed by atoms with E-state index in [1.807, 2.05) is 32.3 Å². The number of fused-ring (bicyclic) bond motifs is 1. The number of imidazole rings is 1. The fourth-order valence-corrected chi connectivity index (χ4v) is 2.69. The molecule has 22 heavy (non-hydrogen) atoms. The van der Waals surface area contributed by atoms with Crippen molar-refractivity contribution in [3.63, 3.8) is 0 Å². The van der Waals surface area contributed by atoms with Gasteiger partial charge in [0.1, 0.15) is 5.82 Å². The van der Waals surface area contributed by atoms with Gasteiger partial charge in [0.05, 0.1) is 0 Å². The van der Waals surface area contributed by atoms with Gasteiger partial charge in [0, 0.05) is 25.2 Å². The molecule has 122 valence electrons. The van der Waals surface area contributed by atoms with Gasteiger partial charge in [0.15, 0.2) is 11.2 Å². The average Bonchev–Trinajstić information content (AvgIpc) is 2.75. The van der Waals surface area contributed by atoms with E-state index in [1.165, 1.54) is 4.57 Å². The van der Waals surface area contributed by atoms with Gasteiger partial charge in [-0.3, -0.25) is 13.9 Å². The molecule has 0 aliphatic carbocycles. The van der Waals surface area contributed by atoms with Crippen LogP contribution in [-0.4, -0.2) is 24.7 Å². The summed E-state index contributed by atoms with van der Waals surface area (Å²) in [5.74, 6) is 0.707. The molecule has 0 spiro atoms. The van der Waals surface area contributed by atoms with Gasteiger partial charge in [0.2, 0.25) is 0 Å². The Morgan fingerprint density at radius 1 is 1.18 bits per heavy atom. The quantitative estimate of drug-likeness (QED) is 0.893. The van der Waals surface area contributed by atoms with Crippen LogP contribution in [-0.2, 0) is 13.1 Å². The summed E-state index contributed by atoms with van der Waals surface area (Å²) in [6.45, 7) is 10.3. The van der Waals surface area contributed by atoms with Crippen LogP contribution >= 0.6 is 0 Å². The molecule has 7 heteroatoms. The molecule has 2 N–H and O–H groups in total. The van der Waals surface area contributed by atoms with Crippen LogP contribution in [0.4, 0.5) is 0 Å². The Kier molecular flexibility index (Phi) is 4.55. The molecule has 1 unspecified atom stereocenters. The van der Waals surface area contributed by atoms with Gasteiger partial charge >= 0.3 is 5.69 Å². The molecule has 2 aromatic rings. The standard InChI is InChI=1S/C15H25N5O2/c1-6-11(16)8-19-10(5)17-13-12(19)14(21)18(7-2)15(22)20(13)9(3)4/h9,11H,6-8,16H2,1-5H3. The second-order valence-corrected chi connectivity index (χ2v) is 5.91. The number of nitrogens with two attached hydrogens (primary N) is 1. The summed E-state index contributed by atoms with van der Waals surface area (Å²) in [4.78, 5) is 29.7. The fraction of sp³-hybridized carbons (Fsp3) is 0.667. The molecule has 0 fully saturated rings. The lowest BCUT2D eigenvalue weighted by Gasteiger charge is -2.15. The van der Waals surface area contributed by atoms with Gasteiger partial charge in [-0.25, -0.2) is 9.78 Å². The first-order chi connectivity index (χ1) is 10.3. The van der Waals surface area contributed by atoms with Crippen molar-refractivity contribution in [3.8, 4) is 0 Å². The highest BCUT2D eigenvalue weighted by molar-refractivity contribution is 5.71. The van der Waals surface area contributed by atoms with E-state index in [1.54, 1.807) is 11.5 Å². The van der Waals surface area contributed by atoms with Crippen molar-refractivity contribution in [2.75, 3.05) is 0 Å². The number of nitrogens with zero attached hydrogens (tertiary/aromatic N) is 4. The highest BCUT2D eigenvalue weighted by atomic mass is 16.2. The molecule has 2 rings (SSSR count). The molecule has 0 aromatic carbocycles. The van der Waals surface area contributed by atoms with E-state index < -0.39 is 0 Å². The van der Waals surface area contributed by atoms with E-state index in [0.29, 0.717) is 30.1 Å². The van der Waals surface area contributed by atoms with E-state index in [-0.39, 0.29) is 23.3 Å². The summed E-state index contributed by atoms with van der Waals surface area (Å²) >= 11 is 0. The van der Waals surface area contributed by atoms with Crippen molar-refractivity contribution in [2.45, 2.75) is 66.2 Å². The van der Waals surface area contributed by atoms with E-state index >= 15 is 0 Å². The zero-order valence-electron chi connectivity index (χ0n) is 14.0. The Hall–Kier alpha value is -1.89. The first-order valence-electron chi connectivity index (χ1n) is 7.81. The van der Waals surface area contributed by atoms with Crippen molar-refractivity contribution >= 4 is 11.2 Å². The molecule has 7 nitrogen and oxygen atoms in total. The van der Waals surface area contributed by atoms with Crippen molar-refractivity contribution in [3.05, 3.63) is 26.7 Å². The molecule has 0 bridgehead atoms. The lowest BCUT2D eigenvalue weighted by molar-refractivity contribution is 0.524. The summed E-state index contributed by atoms with van der Waals surface area (Å²) in [6, 6.07) is -0.124. The molecule has 0 saturated carbocycles. The molecule has 0 aliphatic heterocycles. The number of aromatic nitrogens is 4. The highest BCUT2D eigenvalue weighted by Gasteiger charge is 2.21. The SMILES string of the molecule is CCC(N)Cn1c(C)nc2c1c(=O)n(CC)c(=O)n2C(C)C. The fourth-order valence-electron chi connectivity index (χ4n) is 2.69. The third-order valence-corrected chi connectivity index (χ3v) is 4.03. The van der Waals surface area contributed by atoms with E-state index in [4.69, 9.17) is 5.73 Å². The summed E-state index contributed by atoms with van der Waals surface area (Å²) < 4.78 is 4.69. The van der Waals surface area contributed by atoms with Gasteiger partial charge < -0.3 is 10.3 Å². The van der Waals surface area contributed by atoms with Crippen LogP contribution in [0, 0.1) is 6.92 Å². The van der Waals surface area contributed by atoms with Crippen molar-refractivity contribution < 1.29 is 0 Å². The maximum absolute atomic E-state index is 12.7. The number of rotatable bonds is 5. The van der Waals surface area contributed by atoms with E-state index in [2.05, 4.69) is 4.98 Å². The van der Waals surface area contributed by atoms with Crippen LogP contribution < -0.4 is 17.0 Å². The van der Waals surface area contributed by atoms with Crippen LogP contribution in [0.2, 0.25) is 0 Å². The summed E-state index contributed by atoms with van der Waals surface area (Å²) in [5.41, 5.74) is 6.37. The normalized spacial score (nSPS) is 13.2. The summed E-state index contributed by atoms with van der Waals surface area (Å²) in [7, 11) is 0. The smallest absolute Gasteiger partial charge is 0.326 e. The first-order valence-corrected chi connectivity index (χ1v) is 7.81. The molecule has 0 aliphatic rings. The molecular weight excluding hydrogens is 282 g/mol. The van der Waals surface area contributed by atoms with Crippen LogP contribution in [0.25, 0.3) is 11.2 Å². The average molecular weight is 307 g/mol. The Bertz CT molecular complexity index is 797. The molecule has 2 aromatic heterocycles. The lowest BCUT2D eigenvalue weighted by atomic mass is 10.2. The Morgan fingerprint density at radius 3 is 2.32 bits per heavy atom. The molecule has 0 radical (unpaired) electrons. The highest BCUT2D eigenvalue weighted by Crippen LogP contribution is 2.15. The summed E-state index contributed by atoms with van der Waals surface area (Å²) in [6.07, 6.45) is 0.810. The minimum absolute atomic E-state index is 0.0509. The van der Waals surface area contributed by atoms with Crippen LogP contribution in [0.15, 0.2) is 9.59 Å². The maximum atomic E-state index is 12.7. The lowest BCUT2D eigenvalue weighted by Crippen LogP contribution is -2.41. The van der Waals surface area contributed by atoms with Gasteiger partial charge in [0.25, 0.3) is 5.56 Å². The van der Waals surface area contributed by atoms with E-state index in [0.717, 1.165) is 6.42 Å². The molecular formula is C15H25N5O2. The second-order valence-electron chi connectivity index (χ2n) is 5.91. The third kappa shape index (κ3) is 2.49. The van der Waals surface area contributed by atoms with Crippen molar-refractivity contribution in [2.24, 2.45) is 5.73 Å². The predicted octanol–water partition coefficient (Wildman–Crippen LogP) is 1.01. The number of hydrogen-bond donors (Lipinski definition) is 1. The Balaban J connectivity index is 2.91. The van der Waals surface area contributed by atoms with Crippen molar-refractivity contribution in [1.82, 2.24) is 18.7 Å². The van der Waals surface area contributed by atoms with Gasteiger partial charge in [-0.2, -0.15) is 0 Å². The van der Waals surface area contributed by atoms with Crippen LogP contribution in [0.1, 0.15) is 46.0 Å². The molecule has 0 saturated heterocycles. The maximum Gasteiger partial charge on any atom is 0.332 e. The Morgan fingerprint density at radius 2 is 1.82 bits per heavy atom. The van der Waals surface area contributed by atoms with Crippen LogP contribution in [0.5, 0.6) is 0 Å². The number of aryl methyl sites for hydroxylation is 1. The second kappa shape index (κ2) is 6.08. The van der Waals surface area contributed by atoms with Gasteiger partial charge in [-0.15, -0.1) is 0 Å². The molecule has 0 amide bonds. The van der Waals surface area contributed by atoms with Crippen molar-refractivity contribution in [1.29, 1.82) is 0 Å². The van der Waals surface area contributed by atoms with Crippen LogP contribution in [0.3, 0.4) is 0 Å². The van der Waals surface area contributed by atoms with E-state index in [9.17, 15) is 9.59 Å². The minimum Gasteiger partial charge on any atom is -0.326 e. The summed E-state index contributed by atoms with van der Waals surface area (Å²) in [5, 5.41) is 0. The number of hydrogen-bond acceptors (Lipinski definition) is 4. The first kappa shape index (κ1) is 16.5. The zero-order chi connectivity index (χ0) is 16.6. The topological polar surface area (TPSA) is 87.8 Å². The zero-order valence-corrected chi connectivity index (χ0v) is 14.0.